The van der Waals surface area contributed by atoms with Gasteiger partial charge in [-0.25, -0.2) is 0 Å². The molecule has 0 aromatic heterocycles. The van der Waals surface area contributed by atoms with Crippen LogP contribution in [-0.4, -0.2) is 11.7 Å². The molecule has 2 aliphatic carbocycles. The van der Waals surface area contributed by atoms with Gasteiger partial charge in [0.25, 0.3) is 0 Å². The fraction of sp³-hybridized carbons (Fsp3) is 1.00. The Morgan fingerprint density at radius 1 is 1.33 bits per heavy atom. The average Bonchev–Trinajstić information content (AvgIpc) is 2.56. The maximum Gasteiger partial charge on any atom is 0.0459 e. The lowest BCUT2D eigenvalue weighted by atomic mass is 9.60. The molecule has 0 aliphatic heterocycles. The van der Waals surface area contributed by atoms with Crippen molar-refractivity contribution in [2.24, 2.45) is 29.1 Å². The molecule has 0 saturated heterocycles. The number of aliphatic hydroxyl groups excluding tert-OH is 1. The van der Waals surface area contributed by atoms with E-state index in [0.29, 0.717) is 17.9 Å². The van der Waals surface area contributed by atoms with Gasteiger partial charge in [0.1, 0.15) is 0 Å². The van der Waals surface area contributed by atoms with Crippen LogP contribution in [0.3, 0.4) is 0 Å². The quantitative estimate of drug-likeness (QED) is 0.740. The van der Waals surface area contributed by atoms with Crippen molar-refractivity contribution in [2.75, 3.05) is 6.61 Å². The number of rotatable bonds is 2. The van der Waals surface area contributed by atoms with Crippen LogP contribution in [-0.2, 0) is 0 Å². The number of hydrogen-bond donors (Lipinski definition) is 1. The Labute approximate surface area is 94.3 Å². The lowest BCUT2D eigenvalue weighted by molar-refractivity contribution is 0.0229. The third-order valence-electron chi connectivity index (χ3n) is 5.52. The Bertz CT molecular complexity index is 225. The second-order valence-electron chi connectivity index (χ2n) is 6.33. The second kappa shape index (κ2) is 4.08. The first-order valence-corrected chi connectivity index (χ1v) is 6.70. The van der Waals surface area contributed by atoms with Crippen LogP contribution in [0.15, 0.2) is 0 Å². The standard InChI is InChI=1S/C14H26O/c1-10-5-4-8-14(3)12(10)6-7-13(14)11(2)9-15/h10-13,15H,4-9H2,1-3H3/t10-,11?,12?,13?,14-/m0/s1. The van der Waals surface area contributed by atoms with E-state index in [1.54, 1.807) is 0 Å². The van der Waals surface area contributed by atoms with E-state index in [4.69, 9.17) is 0 Å². The first-order chi connectivity index (χ1) is 7.09. The van der Waals surface area contributed by atoms with Crippen molar-refractivity contribution in [3.8, 4) is 0 Å². The van der Waals surface area contributed by atoms with Gasteiger partial charge in [-0.05, 0) is 48.3 Å². The minimum Gasteiger partial charge on any atom is -0.396 e. The summed E-state index contributed by atoms with van der Waals surface area (Å²) in [6.45, 7) is 7.55. The molecule has 0 heterocycles. The fourth-order valence-corrected chi connectivity index (χ4v) is 4.67. The molecule has 5 atom stereocenters. The van der Waals surface area contributed by atoms with Gasteiger partial charge >= 0.3 is 0 Å². The molecule has 88 valence electrons. The monoisotopic (exact) mass is 210 g/mol. The van der Waals surface area contributed by atoms with Crippen LogP contribution in [0.5, 0.6) is 0 Å². The summed E-state index contributed by atoms with van der Waals surface area (Å²) in [4.78, 5) is 0. The van der Waals surface area contributed by atoms with Crippen molar-refractivity contribution in [2.45, 2.75) is 52.9 Å². The zero-order valence-corrected chi connectivity index (χ0v) is 10.5. The summed E-state index contributed by atoms with van der Waals surface area (Å²) in [6, 6.07) is 0. The summed E-state index contributed by atoms with van der Waals surface area (Å²) in [5, 5.41) is 9.37. The third-order valence-corrected chi connectivity index (χ3v) is 5.52. The Morgan fingerprint density at radius 3 is 2.73 bits per heavy atom. The molecule has 15 heavy (non-hydrogen) atoms. The van der Waals surface area contributed by atoms with Crippen molar-refractivity contribution in [3.63, 3.8) is 0 Å². The second-order valence-corrected chi connectivity index (χ2v) is 6.33. The molecule has 0 aromatic rings. The predicted octanol–water partition coefficient (Wildman–Crippen LogP) is 3.47. The van der Waals surface area contributed by atoms with Crippen LogP contribution in [0.1, 0.15) is 52.9 Å². The molecular weight excluding hydrogens is 184 g/mol. The van der Waals surface area contributed by atoms with E-state index in [9.17, 15) is 5.11 Å². The molecule has 0 amide bonds. The predicted molar refractivity (Wildman–Crippen MR) is 63.6 cm³/mol. The lowest BCUT2D eigenvalue weighted by Crippen LogP contribution is -2.38. The Morgan fingerprint density at radius 2 is 2.07 bits per heavy atom. The topological polar surface area (TPSA) is 20.2 Å². The van der Waals surface area contributed by atoms with E-state index in [1.807, 2.05) is 0 Å². The van der Waals surface area contributed by atoms with Gasteiger partial charge in [-0.15, -0.1) is 0 Å². The van der Waals surface area contributed by atoms with Crippen molar-refractivity contribution >= 4 is 0 Å². The zero-order chi connectivity index (χ0) is 11.1. The summed E-state index contributed by atoms with van der Waals surface area (Å²) < 4.78 is 0. The minimum atomic E-state index is 0.376. The summed E-state index contributed by atoms with van der Waals surface area (Å²) in [5.41, 5.74) is 0.541. The highest BCUT2D eigenvalue weighted by atomic mass is 16.3. The van der Waals surface area contributed by atoms with E-state index in [-0.39, 0.29) is 0 Å². The van der Waals surface area contributed by atoms with E-state index < -0.39 is 0 Å². The van der Waals surface area contributed by atoms with Crippen LogP contribution in [0.2, 0.25) is 0 Å². The molecular formula is C14H26O. The molecule has 3 unspecified atom stereocenters. The molecule has 0 bridgehead atoms. The van der Waals surface area contributed by atoms with Crippen LogP contribution >= 0.6 is 0 Å². The number of hydrogen-bond acceptors (Lipinski definition) is 1. The smallest absolute Gasteiger partial charge is 0.0459 e. The van der Waals surface area contributed by atoms with Gasteiger partial charge in [-0.2, -0.15) is 0 Å². The van der Waals surface area contributed by atoms with Gasteiger partial charge in [-0.3, -0.25) is 0 Å². The highest BCUT2D eigenvalue weighted by Crippen LogP contribution is 2.59. The van der Waals surface area contributed by atoms with Crippen molar-refractivity contribution in [1.82, 2.24) is 0 Å². The average molecular weight is 210 g/mol. The van der Waals surface area contributed by atoms with Crippen molar-refractivity contribution in [1.29, 1.82) is 0 Å². The largest absolute Gasteiger partial charge is 0.396 e. The molecule has 2 saturated carbocycles. The van der Waals surface area contributed by atoms with Crippen LogP contribution < -0.4 is 0 Å². The molecule has 2 fully saturated rings. The summed E-state index contributed by atoms with van der Waals surface area (Å²) >= 11 is 0. The molecule has 0 spiro atoms. The highest BCUT2D eigenvalue weighted by molar-refractivity contribution is 5.00. The van der Waals surface area contributed by atoms with Gasteiger partial charge in [0.05, 0.1) is 0 Å². The first kappa shape index (κ1) is 11.4. The lowest BCUT2D eigenvalue weighted by Gasteiger charge is -2.45. The summed E-state index contributed by atoms with van der Waals surface area (Å²) in [5.74, 6) is 3.13. The first-order valence-electron chi connectivity index (χ1n) is 6.70. The Balaban J connectivity index is 2.17. The van der Waals surface area contributed by atoms with Crippen LogP contribution in [0.25, 0.3) is 0 Å². The summed E-state index contributed by atoms with van der Waals surface area (Å²) in [7, 11) is 0. The highest BCUT2D eigenvalue weighted by Gasteiger charge is 2.51. The molecule has 2 aliphatic rings. The SMILES string of the molecule is CC(CO)C1CCC2[C@@H](C)CCC[C@]12C. The molecule has 2 rings (SSSR count). The van der Waals surface area contributed by atoms with E-state index >= 15 is 0 Å². The maximum atomic E-state index is 9.37. The third kappa shape index (κ3) is 1.73. The Kier molecular flexibility index (Phi) is 3.12. The normalized spacial score (nSPS) is 47.6. The van der Waals surface area contributed by atoms with Crippen molar-refractivity contribution in [3.05, 3.63) is 0 Å². The molecule has 1 N–H and O–H groups in total. The van der Waals surface area contributed by atoms with Crippen LogP contribution in [0, 0.1) is 29.1 Å². The van der Waals surface area contributed by atoms with Gasteiger partial charge in [0, 0.05) is 6.61 Å². The van der Waals surface area contributed by atoms with E-state index in [1.165, 1.54) is 32.1 Å². The minimum absolute atomic E-state index is 0.376. The molecule has 1 heteroatoms. The maximum absolute atomic E-state index is 9.37. The zero-order valence-electron chi connectivity index (χ0n) is 10.5. The van der Waals surface area contributed by atoms with Gasteiger partial charge in [0.15, 0.2) is 0 Å². The van der Waals surface area contributed by atoms with E-state index in [2.05, 4.69) is 20.8 Å². The molecule has 1 nitrogen and oxygen atoms in total. The fourth-order valence-electron chi connectivity index (χ4n) is 4.67. The molecule has 0 aromatic carbocycles. The Hall–Kier alpha value is -0.0400. The van der Waals surface area contributed by atoms with Crippen LogP contribution in [0.4, 0.5) is 0 Å². The number of aliphatic hydroxyl groups is 1. The summed E-state index contributed by atoms with van der Waals surface area (Å²) in [6.07, 6.45) is 7.00. The van der Waals surface area contributed by atoms with Crippen molar-refractivity contribution < 1.29 is 5.11 Å². The number of fused-ring (bicyclic) bond motifs is 1. The van der Waals surface area contributed by atoms with Gasteiger partial charge in [-0.1, -0.05) is 33.6 Å². The van der Waals surface area contributed by atoms with Gasteiger partial charge < -0.3 is 5.11 Å². The van der Waals surface area contributed by atoms with E-state index in [0.717, 1.165) is 17.8 Å². The molecule has 0 radical (unpaired) electrons. The van der Waals surface area contributed by atoms with Gasteiger partial charge in [0.2, 0.25) is 0 Å².